The van der Waals surface area contributed by atoms with Gasteiger partial charge in [-0.15, -0.1) is 0 Å². The van der Waals surface area contributed by atoms with Gasteiger partial charge in [0.2, 0.25) is 0 Å². The smallest absolute Gasteiger partial charge is 0.328 e. The minimum absolute atomic E-state index is 0.0717. The predicted octanol–water partition coefficient (Wildman–Crippen LogP) is 2.53. The van der Waals surface area contributed by atoms with Gasteiger partial charge in [0.15, 0.2) is 0 Å². The number of nitrogens with zero attached hydrogens (tertiary/aromatic N) is 3. The lowest BCUT2D eigenvalue weighted by molar-refractivity contribution is -0.383. The fourth-order valence-corrected chi connectivity index (χ4v) is 2.46. The molecule has 1 N–H and O–H groups in total. The molecule has 0 spiro atoms. The Hall–Kier alpha value is -3.09. The summed E-state index contributed by atoms with van der Waals surface area (Å²) in [6.07, 6.45) is 0. The number of rotatable bonds is 3. The molecule has 3 rings (SSSR count). The van der Waals surface area contributed by atoms with E-state index in [1.807, 2.05) is 30.3 Å². The lowest BCUT2D eigenvalue weighted by Crippen LogP contribution is -2.19. The third-order valence-electron chi connectivity index (χ3n) is 3.64. The molecule has 2 aromatic carbocycles. The molecule has 112 valence electrons. The van der Waals surface area contributed by atoms with Crippen LogP contribution in [0, 0.1) is 10.1 Å². The van der Waals surface area contributed by atoms with Crippen molar-refractivity contribution in [1.29, 1.82) is 0 Å². The van der Waals surface area contributed by atoms with Gasteiger partial charge in [-0.3, -0.25) is 19.2 Å². The summed E-state index contributed by atoms with van der Waals surface area (Å²) in [6, 6.07) is 12.2. The first-order valence-corrected chi connectivity index (χ1v) is 6.65. The summed E-state index contributed by atoms with van der Waals surface area (Å²) in [4.78, 5) is 22.8. The van der Waals surface area contributed by atoms with E-state index in [2.05, 4.69) is 5.32 Å². The standard InChI is InChI=1S/C15H14N4O3/c1-17-13-8-11(16-10-6-4-3-5-7-10)12(19(21)22)9-14(13)18(2)15(17)20/h3-9,16H,1-2H3. The fraction of sp³-hybridized carbons (Fsp3) is 0.133. The van der Waals surface area contributed by atoms with E-state index < -0.39 is 4.92 Å². The number of benzene rings is 2. The highest BCUT2D eigenvalue weighted by atomic mass is 16.6. The average molecular weight is 298 g/mol. The Balaban J connectivity index is 2.24. The van der Waals surface area contributed by atoms with Crippen LogP contribution in [0.15, 0.2) is 47.3 Å². The summed E-state index contributed by atoms with van der Waals surface area (Å²) in [5.41, 5.74) is 1.96. The lowest BCUT2D eigenvalue weighted by Gasteiger charge is -2.08. The number of imidazole rings is 1. The van der Waals surface area contributed by atoms with Crippen molar-refractivity contribution >= 4 is 28.1 Å². The number of nitro groups is 1. The molecule has 0 aliphatic rings. The van der Waals surface area contributed by atoms with Crippen LogP contribution in [-0.4, -0.2) is 14.1 Å². The van der Waals surface area contributed by atoms with E-state index in [0.717, 1.165) is 5.69 Å². The van der Waals surface area contributed by atoms with Crippen molar-refractivity contribution in [2.75, 3.05) is 5.32 Å². The predicted molar refractivity (Wildman–Crippen MR) is 84.5 cm³/mol. The third kappa shape index (κ3) is 2.12. The zero-order valence-corrected chi connectivity index (χ0v) is 12.1. The number of nitro benzene ring substituents is 1. The summed E-state index contributed by atoms with van der Waals surface area (Å²) >= 11 is 0. The van der Waals surface area contributed by atoms with Gasteiger partial charge in [-0.05, 0) is 18.2 Å². The second-order valence-electron chi connectivity index (χ2n) is 5.01. The maximum Gasteiger partial charge on any atom is 0.328 e. The Labute approximate surface area is 125 Å². The van der Waals surface area contributed by atoms with E-state index in [9.17, 15) is 14.9 Å². The quantitative estimate of drug-likeness (QED) is 0.595. The van der Waals surface area contributed by atoms with Crippen molar-refractivity contribution in [3.8, 4) is 0 Å². The van der Waals surface area contributed by atoms with Crippen LogP contribution in [0.4, 0.5) is 17.1 Å². The normalized spacial score (nSPS) is 10.8. The van der Waals surface area contributed by atoms with Crippen LogP contribution in [0.25, 0.3) is 11.0 Å². The van der Waals surface area contributed by atoms with Crippen molar-refractivity contribution in [2.45, 2.75) is 0 Å². The number of para-hydroxylation sites is 1. The highest BCUT2D eigenvalue weighted by Crippen LogP contribution is 2.31. The Morgan fingerprint density at radius 1 is 1.05 bits per heavy atom. The molecular weight excluding hydrogens is 284 g/mol. The maximum atomic E-state index is 12.0. The van der Waals surface area contributed by atoms with Gasteiger partial charge in [0.1, 0.15) is 5.69 Å². The van der Waals surface area contributed by atoms with Gasteiger partial charge in [0.05, 0.1) is 16.0 Å². The zero-order valence-electron chi connectivity index (χ0n) is 12.1. The molecule has 3 aromatic rings. The molecule has 0 atom stereocenters. The minimum Gasteiger partial charge on any atom is -0.350 e. The molecule has 0 bridgehead atoms. The maximum absolute atomic E-state index is 12.0. The molecule has 0 unspecified atom stereocenters. The van der Waals surface area contributed by atoms with Crippen LogP contribution in [0.2, 0.25) is 0 Å². The summed E-state index contributed by atoms with van der Waals surface area (Å²) in [5, 5.41) is 14.4. The van der Waals surface area contributed by atoms with Crippen LogP contribution in [-0.2, 0) is 14.1 Å². The number of anilines is 2. The molecule has 7 nitrogen and oxygen atoms in total. The van der Waals surface area contributed by atoms with E-state index in [1.165, 1.54) is 15.2 Å². The molecule has 0 fully saturated rings. The first-order valence-electron chi connectivity index (χ1n) is 6.65. The summed E-state index contributed by atoms with van der Waals surface area (Å²) in [6.45, 7) is 0. The molecule has 0 aliphatic heterocycles. The van der Waals surface area contributed by atoms with Crippen LogP contribution < -0.4 is 11.0 Å². The largest absolute Gasteiger partial charge is 0.350 e. The monoisotopic (exact) mass is 298 g/mol. The molecular formula is C15H14N4O3. The number of hydrogen-bond acceptors (Lipinski definition) is 4. The van der Waals surface area contributed by atoms with Gasteiger partial charge in [0.25, 0.3) is 5.69 Å². The number of nitrogens with one attached hydrogen (secondary N) is 1. The Morgan fingerprint density at radius 3 is 2.23 bits per heavy atom. The Bertz CT molecular complexity index is 925. The van der Waals surface area contributed by atoms with E-state index >= 15 is 0 Å². The van der Waals surface area contributed by atoms with Crippen LogP contribution in [0.1, 0.15) is 0 Å². The minimum atomic E-state index is -0.456. The van der Waals surface area contributed by atoms with Crippen molar-refractivity contribution in [2.24, 2.45) is 14.1 Å². The molecule has 22 heavy (non-hydrogen) atoms. The third-order valence-corrected chi connectivity index (χ3v) is 3.64. The van der Waals surface area contributed by atoms with Gasteiger partial charge in [-0.2, -0.15) is 0 Å². The topological polar surface area (TPSA) is 82.1 Å². The summed E-state index contributed by atoms with van der Waals surface area (Å²) in [7, 11) is 3.24. The van der Waals surface area contributed by atoms with Gasteiger partial charge in [-0.25, -0.2) is 4.79 Å². The first kappa shape index (κ1) is 13.9. The van der Waals surface area contributed by atoms with Gasteiger partial charge in [0, 0.05) is 25.8 Å². The molecule has 0 saturated heterocycles. The molecule has 0 amide bonds. The highest BCUT2D eigenvalue weighted by Gasteiger charge is 2.19. The molecule has 7 heteroatoms. The molecule has 1 aromatic heterocycles. The van der Waals surface area contributed by atoms with Crippen molar-refractivity contribution in [3.05, 3.63) is 63.1 Å². The summed E-state index contributed by atoms with van der Waals surface area (Å²) < 4.78 is 2.86. The van der Waals surface area contributed by atoms with Gasteiger partial charge >= 0.3 is 5.69 Å². The van der Waals surface area contributed by atoms with E-state index in [-0.39, 0.29) is 11.4 Å². The van der Waals surface area contributed by atoms with E-state index in [0.29, 0.717) is 16.7 Å². The number of aryl methyl sites for hydroxylation is 2. The molecule has 0 radical (unpaired) electrons. The summed E-state index contributed by atoms with van der Waals surface area (Å²) in [5.74, 6) is 0. The fourth-order valence-electron chi connectivity index (χ4n) is 2.46. The second kappa shape index (κ2) is 5.03. The zero-order chi connectivity index (χ0) is 15.9. The lowest BCUT2D eigenvalue weighted by atomic mass is 10.2. The Morgan fingerprint density at radius 2 is 1.64 bits per heavy atom. The van der Waals surface area contributed by atoms with Crippen LogP contribution in [0.3, 0.4) is 0 Å². The molecule has 0 saturated carbocycles. The number of aromatic nitrogens is 2. The highest BCUT2D eigenvalue weighted by molar-refractivity contribution is 5.87. The second-order valence-corrected chi connectivity index (χ2v) is 5.01. The van der Waals surface area contributed by atoms with Crippen LogP contribution in [0.5, 0.6) is 0 Å². The van der Waals surface area contributed by atoms with Crippen molar-refractivity contribution in [1.82, 2.24) is 9.13 Å². The van der Waals surface area contributed by atoms with Gasteiger partial charge < -0.3 is 5.32 Å². The number of fused-ring (bicyclic) bond motifs is 1. The van der Waals surface area contributed by atoms with Gasteiger partial charge in [-0.1, -0.05) is 18.2 Å². The number of hydrogen-bond donors (Lipinski definition) is 1. The average Bonchev–Trinajstić information content (AvgIpc) is 2.72. The first-order chi connectivity index (χ1) is 10.5. The van der Waals surface area contributed by atoms with Crippen LogP contribution >= 0.6 is 0 Å². The van der Waals surface area contributed by atoms with E-state index in [1.54, 1.807) is 20.2 Å². The molecule has 1 heterocycles. The van der Waals surface area contributed by atoms with E-state index in [4.69, 9.17) is 0 Å². The van der Waals surface area contributed by atoms with Crippen molar-refractivity contribution in [3.63, 3.8) is 0 Å². The Kier molecular flexibility index (Phi) is 3.17. The SMILES string of the molecule is Cn1c(=O)n(C)c2cc([N+](=O)[O-])c(Nc3ccccc3)cc21. The molecule has 0 aliphatic carbocycles. The van der Waals surface area contributed by atoms with Crippen molar-refractivity contribution < 1.29 is 4.92 Å².